The molecule has 1 aromatic rings. The minimum Gasteiger partial charge on any atom is -0.377 e. The lowest BCUT2D eigenvalue weighted by Gasteiger charge is -2.26. The van der Waals surface area contributed by atoms with Gasteiger partial charge in [0.25, 0.3) is 0 Å². The number of aryl methyl sites for hydroxylation is 1. The van der Waals surface area contributed by atoms with Crippen molar-refractivity contribution in [3.8, 4) is 0 Å². The van der Waals surface area contributed by atoms with Crippen LogP contribution in [0.2, 0.25) is 0 Å². The fourth-order valence-electron chi connectivity index (χ4n) is 1.07. The molecule has 0 aliphatic carbocycles. The van der Waals surface area contributed by atoms with Gasteiger partial charge in [0.15, 0.2) is 0 Å². The van der Waals surface area contributed by atoms with Gasteiger partial charge >= 0.3 is 0 Å². The van der Waals surface area contributed by atoms with E-state index in [0.29, 0.717) is 6.54 Å². The Morgan fingerprint density at radius 1 is 1.62 bits per heavy atom. The van der Waals surface area contributed by atoms with Gasteiger partial charge in [-0.3, -0.25) is 4.68 Å². The first-order chi connectivity index (χ1) is 6.20. The van der Waals surface area contributed by atoms with Crippen molar-refractivity contribution in [2.24, 2.45) is 5.73 Å². The predicted molar refractivity (Wildman–Crippen MR) is 51.3 cm³/mol. The van der Waals surface area contributed by atoms with Gasteiger partial charge in [-0.15, -0.1) is 0 Å². The highest BCUT2D eigenvalue weighted by atomic mass is 16.5. The van der Waals surface area contributed by atoms with Crippen molar-refractivity contribution in [1.82, 2.24) is 9.78 Å². The summed E-state index contributed by atoms with van der Waals surface area (Å²) in [5.41, 5.74) is 5.37. The zero-order valence-electron chi connectivity index (χ0n) is 8.23. The van der Waals surface area contributed by atoms with E-state index in [2.05, 4.69) is 5.10 Å². The Morgan fingerprint density at radius 2 is 2.38 bits per heavy atom. The van der Waals surface area contributed by atoms with Gasteiger partial charge in [-0.1, -0.05) is 0 Å². The molecule has 0 saturated heterocycles. The Hall–Kier alpha value is -0.870. The summed E-state index contributed by atoms with van der Waals surface area (Å²) in [6.07, 6.45) is 4.58. The van der Waals surface area contributed by atoms with Crippen molar-refractivity contribution in [3.05, 3.63) is 18.5 Å². The quantitative estimate of drug-likeness (QED) is 0.728. The molecule has 1 atom stereocenters. The molecular weight excluding hydrogens is 166 g/mol. The van der Waals surface area contributed by atoms with E-state index >= 15 is 0 Å². The lowest BCUT2D eigenvalue weighted by atomic mass is 10.0. The van der Waals surface area contributed by atoms with Crippen LogP contribution in [0, 0.1) is 0 Å². The van der Waals surface area contributed by atoms with Crippen molar-refractivity contribution in [2.45, 2.75) is 25.5 Å². The molecule has 2 N–H and O–H groups in total. The predicted octanol–water partition coefficient (Wildman–Crippen LogP) is 0.637. The Balaban J connectivity index is 2.41. The van der Waals surface area contributed by atoms with Crippen molar-refractivity contribution in [2.75, 3.05) is 13.7 Å². The average molecular weight is 183 g/mol. The summed E-state index contributed by atoms with van der Waals surface area (Å²) in [6, 6.07) is 1.91. The van der Waals surface area contributed by atoms with E-state index in [9.17, 15) is 0 Å². The molecule has 0 bridgehead atoms. The number of rotatable bonds is 5. The standard InChI is InChI=1S/C9H17N3O/c1-9(8-10,13-2)4-7-12-6-3-5-11-12/h3,5-6H,4,7-8,10H2,1-2H3. The maximum atomic E-state index is 5.60. The van der Waals surface area contributed by atoms with Crippen LogP contribution in [0.5, 0.6) is 0 Å². The number of aromatic nitrogens is 2. The maximum Gasteiger partial charge on any atom is 0.0789 e. The van der Waals surface area contributed by atoms with Crippen LogP contribution >= 0.6 is 0 Å². The first-order valence-electron chi connectivity index (χ1n) is 4.43. The van der Waals surface area contributed by atoms with E-state index in [1.54, 1.807) is 13.3 Å². The van der Waals surface area contributed by atoms with E-state index in [4.69, 9.17) is 10.5 Å². The summed E-state index contributed by atoms with van der Waals surface area (Å²) >= 11 is 0. The highest BCUT2D eigenvalue weighted by molar-refractivity contribution is 4.80. The molecule has 0 fully saturated rings. The summed E-state index contributed by atoms with van der Waals surface area (Å²) < 4.78 is 7.20. The Kier molecular flexibility index (Phi) is 3.45. The van der Waals surface area contributed by atoms with E-state index < -0.39 is 0 Å². The van der Waals surface area contributed by atoms with E-state index in [-0.39, 0.29) is 5.60 Å². The zero-order valence-corrected chi connectivity index (χ0v) is 8.23. The lowest BCUT2D eigenvalue weighted by Crippen LogP contribution is -2.37. The number of hydrogen-bond acceptors (Lipinski definition) is 3. The molecule has 1 aromatic heterocycles. The van der Waals surface area contributed by atoms with Crippen molar-refractivity contribution >= 4 is 0 Å². The Bertz CT molecular complexity index is 229. The number of hydrogen-bond donors (Lipinski definition) is 1. The van der Waals surface area contributed by atoms with Crippen LogP contribution in [0.25, 0.3) is 0 Å². The zero-order chi connectivity index (χ0) is 9.73. The molecule has 0 amide bonds. The Labute approximate surface area is 78.7 Å². The monoisotopic (exact) mass is 183 g/mol. The highest BCUT2D eigenvalue weighted by Crippen LogP contribution is 2.13. The molecular formula is C9H17N3O. The van der Waals surface area contributed by atoms with Crippen LogP contribution in [0.3, 0.4) is 0 Å². The lowest BCUT2D eigenvalue weighted by molar-refractivity contribution is 0.00271. The molecule has 4 nitrogen and oxygen atoms in total. The van der Waals surface area contributed by atoms with Crippen molar-refractivity contribution in [3.63, 3.8) is 0 Å². The van der Waals surface area contributed by atoms with Gasteiger partial charge in [-0.05, 0) is 19.4 Å². The minimum absolute atomic E-state index is 0.230. The summed E-state index contributed by atoms with van der Waals surface area (Å²) in [6.45, 7) is 3.38. The van der Waals surface area contributed by atoms with Gasteiger partial charge < -0.3 is 10.5 Å². The summed E-state index contributed by atoms with van der Waals surface area (Å²) in [4.78, 5) is 0. The molecule has 0 aliphatic heterocycles. The number of nitrogens with two attached hydrogens (primary N) is 1. The fourth-order valence-corrected chi connectivity index (χ4v) is 1.07. The van der Waals surface area contributed by atoms with Gasteiger partial charge in [-0.25, -0.2) is 0 Å². The first kappa shape index (κ1) is 10.2. The molecule has 0 aromatic carbocycles. The van der Waals surface area contributed by atoms with Crippen LogP contribution in [-0.2, 0) is 11.3 Å². The van der Waals surface area contributed by atoms with Crippen LogP contribution in [0.4, 0.5) is 0 Å². The largest absolute Gasteiger partial charge is 0.377 e. The van der Waals surface area contributed by atoms with Gasteiger partial charge in [0.1, 0.15) is 0 Å². The average Bonchev–Trinajstić information content (AvgIpc) is 2.67. The third kappa shape index (κ3) is 2.82. The fraction of sp³-hybridized carbons (Fsp3) is 0.667. The minimum atomic E-state index is -0.230. The maximum absolute atomic E-state index is 5.60. The molecule has 0 spiro atoms. The molecule has 0 radical (unpaired) electrons. The molecule has 1 unspecified atom stereocenters. The normalized spacial score (nSPS) is 15.6. The second kappa shape index (κ2) is 4.39. The topological polar surface area (TPSA) is 53.1 Å². The van der Waals surface area contributed by atoms with Crippen LogP contribution < -0.4 is 5.73 Å². The van der Waals surface area contributed by atoms with Crippen molar-refractivity contribution in [1.29, 1.82) is 0 Å². The molecule has 0 aliphatic rings. The van der Waals surface area contributed by atoms with Crippen LogP contribution in [0.1, 0.15) is 13.3 Å². The van der Waals surface area contributed by atoms with E-state index in [0.717, 1.165) is 13.0 Å². The van der Waals surface area contributed by atoms with Gasteiger partial charge in [-0.2, -0.15) is 5.10 Å². The smallest absolute Gasteiger partial charge is 0.0789 e. The number of methoxy groups -OCH3 is 1. The van der Waals surface area contributed by atoms with Gasteiger partial charge in [0, 0.05) is 32.6 Å². The van der Waals surface area contributed by atoms with Gasteiger partial charge in [0.05, 0.1) is 5.60 Å². The summed E-state index contributed by atoms with van der Waals surface area (Å²) in [7, 11) is 1.69. The van der Waals surface area contributed by atoms with Crippen molar-refractivity contribution < 1.29 is 4.74 Å². The summed E-state index contributed by atoms with van der Waals surface area (Å²) in [5, 5.41) is 4.11. The van der Waals surface area contributed by atoms with E-state index in [1.807, 2.05) is 23.9 Å². The van der Waals surface area contributed by atoms with Crippen LogP contribution in [-0.4, -0.2) is 29.0 Å². The van der Waals surface area contributed by atoms with Gasteiger partial charge in [0.2, 0.25) is 0 Å². The molecule has 13 heavy (non-hydrogen) atoms. The first-order valence-corrected chi connectivity index (χ1v) is 4.43. The summed E-state index contributed by atoms with van der Waals surface area (Å²) in [5.74, 6) is 0. The number of nitrogens with zero attached hydrogens (tertiary/aromatic N) is 2. The number of ether oxygens (including phenoxy) is 1. The highest BCUT2D eigenvalue weighted by Gasteiger charge is 2.20. The van der Waals surface area contributed by atoms with E-state index in [1.165, 1.54) is 0 Å². The second-order valence-electron chi connectivity index (χ2n) is 3.38. The molecule has 1 heterocycles. The third-order valence-corrected chi connectivity index (χ3v) is 2.35. The third-order valence-electron chi connectivity index (χ3n) is 2.35. The molecule has 1 rings (SSSR count). The molecule has 0 saturated carbocycles. The van der Waals surface area contributed by atoms with Crippen LogP contribution in [0.15, 0.2) is 18.5 Å². The SMILES string of the molecule is COC(C)(CN)CCn1cccn1. The second-order valence-corrected chi connectivity index (χ2v) is 3.38. The Morgan fingerprint density at radius 3 is 2.85 bits per heavy atom. The molecule has 4 heteroatoms. The molecule has 74 valence electrons.